The molecule has 2 N–H and O–H groups in total. The van der Waals surface area contributed by atoms with Crippen LogP contribution in [0.2, 0.25) is 0 Å². The summed E-state index contributed by atoms with van der Waals surface area (Å²) in [6, 6.07) is 13.5. The van der Waals surface area contributed by atoms with Gasteiger partial charge in [-0.25, -0.2) is 4.98 Å². The first-order valence-electron chi connectivity index (χ1n) is 7.06. The highest BCUT2D eigenvalue weighted by molar-refractivity contribution is 5.92. The molecule has 1 aromatic heterocycles. The quantitative estimate of drug-likeness (QED) is 0.776. The number of rotatable bonds is 4. The highest BCUT2D eigenvalue weighted by Gasteiger charge is 2.08. The van der Waals surface area contributed by atoms with E-state index in [1.54, 1.807) is 0 Å². The number of aromatic amines is 1. The van der Waals surface area contributed by atoms with E-state index in [1.165, 1.54) is 0 Å². The Hall–Kier alpha value is -2.82. The Labute approximate surface area is 128 Å². The van der Waals surface area contributed by atoms with Crippen LogP contribution in [0.25, 0.3) is 11.0 Å². The van der Waals surface area contributed by atoms with Gasteiger partial charge in [-0.3, -0.25) is 10.1 Å². The van der Waals surface area contributed by atoms with E-state index in [1.807, 2.05) is 50.2 Å². The molecule has 3 rings (SSSR count). The number of hydrogen-bond acceptors (Lipinski definition) is 3. The second-order valence-corrected chi connectivity index (χ2v) is 5.26. The number of ether oxygens (including phenoxy) is 1. The zero-order valence-corrected chi connectivity index (χ0v) is 12.5. The molecule has 0 saturated carbocycles. The molecule has 0 saturated heterocycles. The van der Waals surface area contributed by atoms with Gasteiger partial charge in [0, 0.05) is 0 Å². The van der Waals surface area contributed by atoms with Gasteiger partial charge < -0.3 is 9.72 Å². The average Bonchev–Trinajstić information content (AvgIpc) is 2.86. The third-order valence-corrected chi connectivity index (χ3v) is 3.21. The van der Waals surface area contributed by atoms with Gasteiger partial charge in [-0.1, -0.05) is 18.2 Å². The highest BCUT2D eigenvalue weighted by Crippen LogP contribution is 2.16. The SMILES string of the molecule is Cc1cc(C)cc(OCC(=O)Nc2nc3ccccc3[nH]2)c1. The zero-order valence-electron chi connectivity index (χ0n) is 12.5. The molecule has 5 heteroatoms. The Kier molecular flexibility index (Phi) is 3.78. The van der Waals surface area contributed by atoms with Crippen LogP contribution in [0.15, 0.2) is 42.5 Å². The van der Waals surface area contributed by atoms with Gasteiger partial charge >= 0.3 is 0 Å². The lowest BCUT2D eigenvalue weighted by atomic mass is 10.1. The number of amides is 1. The van der Waals surface area contributed by atoms with Crippen molar-refractivity contribution < 1.29 is 9.53 Å². The van der Waals surface area contributed by atoms with Crippen molar-refractivity contribution in [2.24, 2.45) is 0 Å². The normalized spacial score (nSPS) is 10.6. The van der Waals surface area contributed by atoms with E-state index in [9.17, 15) is 4.79 Å². The van der Waals surface area contributed by atoms with Crippen molar-refractivity contribution in [3.8, 4) is 5.75 Å². The van der Waals surface area contributed by atoms with Gasteiger partial charge in [0.2, 0.25) is 5.95 Å². The summed E-state index contributed by atoms with van der Waals surface area (Å²) in [5, 5.41) is 2.70. The lowest BCUT2D eigenvalue weighted by Gasteiger charge is -2.07. The predicted octanol–water partition coefficient (Wildman–Crippen LogP) is 3.20. The molecule has 0 spiro atoms. The van der Waals surface area contributed by atoms with Crippen LogP contribution in [0.4, 0.5) is 5.95 Å². The zero-order chi connectivity index (χ0) is 15.5. The van der Waals surface area contributed by atoms with E-state index in [2.05, 4.69) is 21.4 Å². The fourth-order valence-corrected chi connectivity index (χ4v) is 2.35. The van der Waals surface area contributed by atoms with Crippen LogP contribution >= 0.6 is 0 Å². The molecule has 0 aliphatic carbocycles. The van der Waals surface area contributed by atoms with Crippen LogP contribution in [-0.4, -0.2) is 22.5 Å². The van der Waals surface area contributed by atoms with Crippen molar-refractivity contribution in [3.05, 3.63) is 53.6 Å². The minimum absolute atomic E-state index is 0.0556. The molecule has 22 heavy (non-hydrogen) atoms. The number of carbonyl (C=O) groups excluding carboxylic acids is 1. The molecule has 0 fully saturated rings. The topological polar surface area (TPSA) is 67.0 Å². The second-order valence-electron chi connectivity index (χ2n) is 5.26. The predicted molar refractivity (Wildman–Crippen MR) is 86.1 cm³/mol. The minimum Gasteiger partial charge on any atom is -0.484 e. The average molecular weight is 295 g/mol. The number of H-pyrrole nitrogens is 1. The number of nitrogens with zero attached hydrogens (tertiary/aromatic N) is 1. The standard InChI is InChI=1S/C17H17N3O2/c1-11-7-12(2)9-13(8-11)22-10-16(21)20-17-18-14-5-3-4-6-15(14)19-17/h3-9H,10H2,1-2H3,(H2,18,19,20,21). The Bertz CT molecular complexity index is 770. The van der Waals surface area contributed by atoms with Crippen molar-refractivity contribution >= 4 is 22.9 Å². The number of carbonyl (C=O) groups is 1. The molecule has 0 aliphatic heterocycles. The van der Waals surface area contributed by atoms with Crippen LogP contribution in [0.5, 0.6) is 5.75 Å². The van der Waals surface area contributed by atoms with Gasteiger partial charge in [0.1, 0.15) is 5.75 Å². The molecule has 1 amide bonds. The lowest BCUT2D eigenvalue weighted by molar-refractivity contribution is -0.118. The second kappa shape index (κ2) is 5.89. The van der Waals surface area contributed by atoms with E-state index in [0.717, 1.165) is 22.2 Å². The van der Waals surface area contributed by atoms with Crippen LogP contribution in [0, 0.1) is 13.8 Å². The molecule has 0 unspecified atom stereocenters. The van der Waals surface area contributed by atoms with Gasteiger partial charge in [0.15, 0.2) is 6.61 Å². The molecular formula is C17H17N3O2. The summed E-state index contributed by atoms with van der Waals surface area (Å²) in [5.74, 6) is 0.866. The van der Waals surface area contributed by atoms with Crippen LogP contribution in [0.1, 0.15) is 11.1 Å². The van der Waals surface area contributed by atoms with E-state index < -0.39 is 0 Å². The van der Waals surface area contributed by atoms with E-state index in [-0.39, 0.29) is 12.5 Å². The molecule has 0 aliphatic rings. The number of imidazole rings is 1. The number of anilines is 1. The number of hydrogen-bond donors (Lipinski definition) is 2. The van der Waals surface area contributed by atoms with E-state index >= 15 is 0 Å². The van der Waals surface area contributed by atoms with Gasteiger partial charge in [0.05, 0.1) is 11.0 Å². The maximum Gasteiger partial charge on any atom is 0.264 e. The smallest absolute Gasteiger partial charge is 0.264 e. The lowest BCUT2D eigenvalue weighted by Crippen LogP contribution is -2.20. The van der Waals surface area contributed by atoms with Gasteiger partial charge in [-0.15, -0.1) is 0 Å². The largest absolute Gasteiger partial charge is 0.484 e. The fraction of sp³-hybridized carbons (Fsp3) is 0.176. The van der Waals surface area contributed by atoms with E-state index in [0.29, 0.717) is 11.7 Å². The van der Waals surface area contributed by atoms with Crippen molar-refractivity contribution in [1.82, 2.24) is 9.97 Å². The molecular weight excluding hydrogens is 278 g/mol. The Morgan fingerprint density at radius 2 is 1.91 bits per heavy atom. The summed E-state index contributed by atoms with van der Waals surface area (Å²) >= 11 is 0. The third-order valence-electron chi connectivity index (χ3n) is 3.21. The van der Waals surface area contributed by atoms with Crippen LogP contribution in [0.3, 0.4) is 0 Å². The van der Waals surface area contributed by atoms with E-state index in [4.69, 9.17) is 4.74 Å². The molecule has 5 nitrogen and oxygen atoms in total. The van der Waals surface area contributed by atoms with Crippen molar-refractivity contribution in [2.45, 2.75) is 13.8 Å². The summed E-state index contributed by atoms with van der Waals surface area (Å²) in [6.45, 7) is 3.93. The van der Waals surface area contributed by atoms with Gasteiger partial charge in [-0.05, 0) is 49.2 Å². The maximum atomic E-state index is 11.9. The Morgan fingerprint density at radius 3 is 2.64 bits per heavy atom. The van der Waals surface area contributed by atoms with Crippen molar-refractivity contribution in [3.63, 3.8) is 0 Å². The monoisotopic (exact) mass is 295 g/mol. The summed E-state index contributed by atoms with van der Waals surface area (Å²) in [5.41, 5.74) is 3.90. The molecule has 0 radical (unpaired) electrons. The maximum absolute atomic E-state index is 11.9. The minimum atomic E-state index is -0.252. The Morgan fingerprint density at radius 1 is 1.18 bits per heavy atom. The number of nitrogens with one attached hydrogen (secondary N) is 2. The molecule has 112 valence electrons. The Balaban J connectivity index is 1.62. The van der Waals surface area contributed by atoms with Crippen LogP contribution < -0.4 is 10.1 Å². The number of para-hydroxylation sites is 2. The molecule has 2 aromatic carbocycles. The first-order chi connectivity index (χ1) is 10.6. The van der Waals surface area contributed by atoms with Gasteiger partial charge in [-0.2, -0.15) is 0 Å². The first kappa shape index (κ1) is 14.1. The molecule has 1 heterocycles. The molecule has 0 bridgehead atoms. The van der Waals surface area contributed by atoms with Gasteiger partial charge in [0.25, 0.3) is 5.91 Å². The first-order valence-corrected chi connectivity index (χ1v) is 7.06. The third kappa shape index (κ3) is 3.25. The van der Waals surface area contributed by atoms with Crippen molar-refractivity contribution in [2.75, 3.05) is 11.9 Å². The summed E-state index contributed by atoms with van der Waals surface area (Å²) in [4.78, 5) is 19.3. The highest BCUT2D eigenvalue weighted by atomic mass is 16.5. The number of fused-ring (bicyclic) bond motifs is 1. The number of aromatic nitrogens is 2. The molecule has 3 aromatic rings. The summed E-state index contributed by atoms with van der Waals surface area (Å²) in [7, 11) is 0. The number of benzene rings is 2. The van der Waals surface area contributed by atoms with Crippen molar-refractivity contribution in [1.29, 1.82) is 0 Å². The van der Waals surface area contributed by atoms with Crippen LogP contribution in [-0.2, 0) is 4.79 Å². The molecule has 0 atom stereocenters. The number of aryl methyl sites for hydroxylation is 2. The summed E-state index contributed by atoms with van der Waals surface area (Å²) in [6.07, 6.45) is 0. The fourth-order valence-electron chi connectivity index (χ4n) is 2.35. The summed E-state index contributed by atoms with van der Waals surface area (Å²) < 4.78 is 5.52.